The molecule has 2 heterocycles. The van der Waals surface area contributed by atoms with Gasteiger partial charge in [0, 0.05) is 18.7 Å². The van der Waals surface area contributed by atoms with E-state index in [1.807, 2.05) is 6.07 Å². The molecule has 1 fully saturated rings. The maximum atomic E-state index is 11.4. The van der Waals surface area contributed by atoms with Crippen molar-refractivity contribution in [1.29, 1.82) is 0 Å². The van der Waals surface area contributed by atoms with Gasteiger partial charge in [0.05, 0.1) is 10.9 Å². The Morgan fingerprint density at radius 1 is 1.32 bits per heavy atom. The fourth-order valence-corrected chi connectivity index (χ4v) is 3.49. The summed E-state index contributed by atoms with van der Waals surface area (Å²) in [6, 6.07) is 6.30. The number of halogens is 1. The minimum Gasteiger partial charge on any atom is -0.377 e. The van der Waals surface area contributed by atoms with E-state index in [0.29, 0.717) is 6.42 Å². The highest BCUT2D eigenvalue weighted by atomic mass is 79.9. The summed E-state index contributed by atoms with van der Waals surface area (Å²) in [5, 5.41) is 2.92. The number of nitrogens with one attached hydrogen (secondary N) is 1. The summed E-state index contributed by atoms with van der Waals surface area (Å²) < 4.78 is 5.84. The van der Waals surface area contributed by atoms with E-state index in [1.54, 1.807) is 0 Å². The Hall–Kier alpha value is -0.870. The van der Waals surface area contributed by atoms with Crippen LogP contribution in [0, 0.1) is 0 Å². The lowest BCUT2D eigenvalue weighted by Crippen LogP contribution is -2.24. The van der Waals surface area contributed by atoms with Crippen molar-refractivity contribution in [2.75, 3.05) is 11.9 Å². The number of hydrogen-bond donors (Lipinski definition) is 1. The second kappa shape index (κ2) is 5.63. The number of benzene rings is 1. The number of alkyl halides is 1. The molecular formula is C15H18BrNO2. The molecule has 2 unspecified atom stereocenters. The average Bonchev–Trinajstić information content (AvgIpc) is 2.47. The van der Waals surface area contributed by atoms with Crippen LogP contribution in [-0.4, -0.2) is 18.6 Å². The molecule has 3 nitrogen and oxygen atoms in total. The number of carbonyl (C=O) groups excluding carboxylic acids is 1. The molecular weight excluding hydrogens is 306 g/mol. The van der Waals surface area contributed by atoms with Gasteiger partial charge in [0.2, 0.25) is 5.91 Å². The Labute approximate surface area is 121 Å². The summed E-state index contributed by atoms with van der Waals surface area (Å²) >= 11 is 3.77. The number of aryl methyl sites for hydroxylation is 1. The molecule has 102 valence electrons. The number of carbonyl (C=O) groups is 1. The van der Waals surface area contributed by atoms with Crippen LogP contribution in [-0.2, 0) is 16.0 Å². The fourth-order valence-electron chi connectivity index (χ4n) is 2.79. The van der Waals surface area contributed by atoms with Gasteiger partial charge in [-0.2, -0.15) is 0 Å². The lowest BCUT2D eigenvalue weighted by molar-refractivity contribution is -0.116. The van der Waals surface area contributed by atoms with E-state index < -0.39 is 0 Å². The van der Waals surface area contributed by atoms with Crippen LogP contribution in [0.25, 0.3) is 0 Å². The van der Waals surface area contributed by atoms with Crippen LogP contribution in [0.2, 0.25) is 0 Å². The first-order valence-electron chi connectivity index (χ1n) is 6.92. The van der Waals surface area contributed by atoms with Crippen LogP contribution in [0.15, 0.2) is 18.2 Å². The third kappa shape index (κ3) is 2.84. The van der Waals surface area contributed by atoms with Gasteiger partial charge in [-0.05, 0) is 42.9 Å². The number of ether oxygens (including phenoxy) is 1. The van der Waals surface area contributed by atoms with Crippen LogP contribution in [0.1, 0.15) is 41.6 Å². The quantitative estimate of drug-likeness (QED) is 0.845. The molecule has 0 saturated carbocycles. The number of hydrogen-bond acceptors (Lipinski definition) is 2. The topological polar surface area (TPSA) is 38.3 Å². The van der Waals surface area contributed by atoms with Gasteiger partial charge in [0.15, 0.2) is 0 Å². The Morgan fingerprint density at radius 3 is 3.00 bits per heavy atom. The Kier molecular flexibility index (Phi) is 3.89. The summed E-state index contributed by atoms with van der Waals surface area (Å²) in [6.45, 7) is 0.869. The smallest absolute Gasteiger partial charge is 0.224 e. The van der Waals surface area contributed by atoms with Crippen LogP contribution in [0.3, 0.4) is 0 Å². The summed E-state index contributed by atoms with van der Waals surface area (Å²) in [7, 11) is 0. The van der Waals surface area contributed by atoms with E-state index in [2.05, 4.69) is 33.4 Å². The monoisotopic (exact) mass is 323 g/mol. The van der Waals surface area contributed by atoms with E-state index in [-0.39, 0.29) is 16.8 Å². The second-order valence-electron chi connectivity index (χ2n) is 5.27. The molecule has 2 atom stereocenters. The molecule has 4 heteroatoms. The molecule has 1 aromatic carbocycles. The SMILES string of the molecule is O=C1CCc2cc(C(Br)C3CCCCO3)ccc2N1. The van der Waals surface area contributed by atoms with Gasteiger partial charge in [-0.1, -0.05) is 28.1 Å². The van der Waals surface area contributed by atoms with E-state index in [0.717, 1.165) is 25.1 Å². The van der Waals surface area contributed by atoms with Gasteiger partial charge >= 0.3 is 0 Å². The third-order valence-corrected chi connectivity index (χ3v) is 5.00. The van der Waals surface area contributed by atoms with Crippen molar-refractivity contribution < 1.29 is 9.53 Å². The molecule has 19 heavy (non-hydrogen) atoms. The number of anilines is 1. The molecule has 1 saturated heterocycles. The predicted octanol–water partition coefficient (Wildman–Crippen LogP) is 3.58. The van der Waals surface area contributed by atoms with Crippen LogP contribution in [0.5, 0.6) is 0 Å². The van der Waals surface area contributed by atoms with E-state index in [9.17, 15) is 4.79 Å². The molecule has 0 aromatic heterocycles. The zero-order valence-electron chi connectivity index (χ0n) is 10.8. The Morgan fingerprint density at radius 2 is 2.21 bits per heavy atom. The van der Waals surface area contributed by atoms with Gasteiger partial charge in [-0.3, -0.25) is 4.79 Å². The highest BCUT2D eigenvalue weighted by Gasteiger charge is 2.25. The summed E-state index contributed by atoms with van der Waals surface area (Å²) in [4.78, 5) is 11.6. The first kappa shape index (κ1) is 13.1. The third-order valence-electron chi connectivity index (χ3n) is 3.88. The minimum absolute atomic E-state index is 0.117. The van der Waals surface area contributed by atoms with E-state index in [4.69, 9.17) is 4.74 Å². The molecule has 0 aliphatic carbocycles. The van der Waals surface area contributed by atoms with Crippen molar-refractivity contribution in [3.05, 3.63) is 29.3 Å². The molecule has 3 rings (SSSR count). The van der Waals surface area contributed by atoms with Crippen LogP contribution >= 0.6 is 15.9 Å². The molecule has 1 N–H and O–H groups in total. The van der Waals surface area contributed by atoms with Crippen LogP contribution < -0.4 is 5.32 Å². The maximum absolute atomic E-state index is 11.4. The van der Waals surface area contributed by atoms with Gasteiger partial charge in [-0.25, -0.2) is 0 Å². The summed E-state index contributed by atoms with van der Waals surface area (Å²) in [5.41, 5.74) is 3.45. The zero-order valence-corrected chi connectivity index (χ0v) is 12.4. The molecule has 0 spiro atoms. The lowest BCUT2D eigenvalue weighted by Gasteiger charge is -2.28. The second-order valence-corrected chi connectivity index (χ2v) is 6.26. The summed E-state index contributed by atoms with van der Waals surface area (Å²) in [5.74, 6) is 0.117. The molecule has 0 bridgehead atoms. The van der Waals surface area contributed by atoms with Gasteiger partial charge < -0.3 is 10.1 Å². The largest absolute Gasteiger partial charge is 0.377 e. The van der Waals surface area contributed by atoms with Crippen molar-refractivity contribution in [1.82, 2.24) is 0 Å². The molecule has 1 aromatic rings. The van der Waals surface area contributed by atoms with Crippen molar-refractivity contribution in [2.45, 2.75) is 43.0 Å². The highest BCUT2D eigenvalue weighted by Crippen LogP contribution is 2.35. The first-order chi connectivity index (χ1) is 9.24. The average molecular weight is 324 g/mol. The van der Waals surface area contributed by atoms with Gasteiger partial charge in [0.1, 0.15) is 0 Å². The highest BCUT2D eigenvalue weighted by molar-refractivity contribution is 9.09. The molecule has 0 radical (unpaired) electrons. The van der Waals surface area contributed by atoms with Crippen molar-refractivity contribution >= 4 is 27.5 Å². The zero-order chi connectivity index (χ0) is 13.2. The molecule has 2 aliphatic rings. The standard InChI is InChI=1S/C15H18BrNO2/c16-15(13-3-1-2-8-19-13)11-4-6-12-10(9-11)5-7-14(18)17-12/h4,6,9,13,15H,1-3,5,7-8H2,(H,17,18). The predicted molar refractivity (Wildman–Crippen MR) is 78.7 cm³/mol. The molecule has 2 aliphatic heterocycles. The minimum atomic E-state index is 0.117. The van der Waals surface area contributed by atoms with Crippen molar-refractivity contribution in [3.8, 4) is 0 Å². The summed E-state index contributed by atoms with van der Waals surface area (Å²) in [6.07, 6.45) is 5.22. The van der Waals surface area contributed by atoms with E-state index >= 15 is 0 Å². The fraction of sp³-hybridized carbons (Fsp3) is 0.533. The first-order valence-corrected chi connectivity index (χ1v) is 7.84. The normalized spacial score (nSPS) is 24.5. The van der Waals surface area contributed by atoms with Crippen molar-refractivity contribution in [3.63, 3.8) is 0 Å². The number of amides is 1. The van der Waals surface area contributed by atoms with Gasteiger partial charge in [-0.15, -0.1) is 0 Å². The Bertz CT molecular complexity index is 483. The number of fused-ring (bicyclic) bond motifs is 1. The van der Waals surface area contributed by atoms with Crippen molar-refractivity contribution in [2.24, 2.45) is 0 Å². The lowest BCUT2D eigenvalue weighted by atomic mass is 9.96. The molecule has 1 amide bonds. The maximum Gasteiger partial charge on any atom is 0.224 e. The number of rotatable bonds is 2. The Balaban J connectivity index is 1.79. The van der Waals surface area contributed by atoms with Gasteiger partial charge in [0.25, 0.3) is 0 Å². The van der Waals surface area contributed by atoms with E-state index in [1.165, 1.54) is 24.0 Å². The van der Waals surface area contributed by atoms with Crippen LogP contribution in [0.4, 0.5) is 5.69 Å².